The van der Waals surface area contributed by atoms with Crippen LogP contribution in [0.15, 0.2) is 18.2 Å². The maximum Gasteiger partial charge on any atom is 0.142 e. The van der Waals surface area contributed by atoms with Gasteiger partial charge in [-0.05, 0) is 56.5 Å². The molecule has 2 N–H and O–H groups in total. The summed E-state index contributed by atoms with van der Waals surface area (Å²) in [6.07, 6.45) is 4.77. The lowest BCUT2D eigenvalue weighted by atomic mass is 9.96. The van der Waals surface area contributed by atoms with E-state index in [-0.39, 0.29) is 17.7 Å². The van der Waals surface area contributed by atoms with Gasteiger partial charge in [0.15, 0.2) is 0 Å². The van der Waals surface area contributed by atoms with Crippen LogP contribution in [0.25, 0.3) is 0 Å². The summed E-state index contributed by atoms with van der Waals surface area (Å²) in [5.74, 6) is -0.431. The molecule has 2 aliphatic rings. The molecule has 3 nitrogen and oxygen atoms in total. The maximum atomic E-state index is 13.6. The third-order valence-electron chi connectivity index (χ3n) is 4.79. The zero-order valence-electron chi connectivity index (χ0n) is 12.1. The number of rotatable bonds is 4. The monoisotopic (exact) mass is 312 g/mol. The summed E-state index contributed by atoms with van der Waals surface area (Å²) in [5.41, 5.74) is 0.758. The van der Waals surface area contributed by atoms with Gasteiger partial charge in [0.1, 0.15) is 5.82 Å². The Balaban J connectivity index is 1.65. The summed E-state index contributed by atoms with van der Waals surface area (Å²) in [6, 6.07) is 5.59. The zero-order chi connectivity index (χ0) is 14.8. The van der Waals surface area contributed by atoms with Gasteiger partial charge < -0.3 is 15.3 Å². The van der Waals surface area contributed by atoms with E-state index in [0.29, 0.717) is 12.1 Å². The minimum absolute atomic E-state index is 0.0358. The average molecular weight is 313 g/mol. The number of hydrogen-bond acceptors (Lipinski definition) is 3. The van der Waals surface area contributed by atoms with Crippen LogP contribution in [0, 0.1) is 5.82 Å². The Morgan fingerprint density at radius 3 is 3.00 bits per heavy atom. The lowest BCUT2D eigenvalue weighted by molar-refractivity contribution is 0.148. The van der Waals surface area contributed by atoms with Crippen LogP contribution in [-0.2, 0) is 0 Å². The van der Waals surface area contributed by atoms with E-state index in [4.69, 9.17) is 11.6 Å². The van der Waals surface area contributed by atoms with Crippen molar-refractivity contribution in [3.05, 3.63) is 34.6 Å². The molecule has 5 heteroatoms. The molecule has 2 saturated heterocycles. The van der Waals surface area contributed by atoms with E-state index in [2.05, 4.69) is 10.2 Å². The minimum Gasteiger partial charge on any atom is -0.394 e. The summed E-state index contributed by atoms with van der Waals surface area (Å²) in [4.78, 5) is 2.56. The Hall–Kier alpha value is -0.680. The molecular weight excluding hydrogens is 291 g/mol. The molecule has 2 aliphatic heterocycles. The fourth-order valence-corrected chi connectivity index (χ4v) is 3.76. The molecule has 0 amide bonds. The number of hydrogen-bond donors (Lipinski definition) is 2. The number of benzene rings is 1. The number of fused-ring (bicyclic) bond motifs is 1. The zero-order valence-corrected chi connectivity index (χ0v) is 12.8. The molecule has 0 aliphatic carbocycles. The van der Waals surface area contributed by atoms with Gasteiger partial charge in [0.25, 0.3) is 0 Å². The summed E-state index contributed by atoms with van der Waals surface area (Å²) < 4.78 is 13.6. The average Bonchev–Trinajstić information content (AvgIpc) is 2.95. The van der Waals surface area contributed by atoms with Crippen LogP contribution in [0.3, 0.4) is 0 Å². The number of halogens is 2. The number of aliphatic hydroxyl groups excluding tert-OH is 1. The molecule has 0 saturated carbocycles. The molecule has 0 spiro atoms. The first-order chi connectivity index (χ1) is 10.2. The predicted octanol–water partition coefficient (Wildman–Crippen LogP) is 2.73. The van der Waals surface area contributed by atoms with Gasteiger partial charge in [0.2, 0.25) is 0 Å². The van der Waals surface area contributed by atoms with Gasteiger partial charge >= 0.3 is 0 Å². The van der Waals surface area contributed by atoms with Crippen molar-refractivity contribution >= 4 is 11.6 Å². The van der Waals surface area contributed by atoms with Crippen molar-refractivity contribution in [3.63, 3.8) is 0 Å². The fourth-order valence-electron chi connectivity index (χ4n) is 3.64. The van der Waals surface area contributed by atoms with E-state index in [9.17, 15) is 9.50 Å². The Bertz CT molecular complexity index is 499. The molecule has 1 aromatic carbocycles. The Kier molecular flexibility index (Phi) is 4.79. The highest BCUT2D eigenvalue weighted by atomic mass is 35.5. The first-order valence-electron chi connectivity index (χ1n) is 7.73. The van der Waals surface area contributed by atoms with Crippen LogP contribution in [-0.4, -0.2) is 41.8 Å². The Morgan fingerprint density at radius 2 is 2.24 bits per heavy atom. The van der Waals surface area contributed by atoms with Crippen molar-refractivity contribution in [1.82, 2.24) is 10.2 Å². The van der Waals surface area contributed by atoms with E-state index in [1.807, 2.05) is 0 Å². The molecule has 1 aromatic rings. The summed E-state index contributed by atoms with van der Waals surface area (Å²) in [7, 11) is 0. The summed E-state index contributed by atoms with van der Waals surface area (Å²) in [6.45, 7) is 2.31. The topological polar surface area (TPSA) is 35.5 Å². The van der Waals surface area contributed by atoms with E-state index in [0.717, 1.165) is 24.9 Å². The number of nitrogens with one attached hydrogen (secondary N) is 1. The van der Waals surface area contributed by atoms with Crippen LogP contribution in [0.4, 0.5) is 4.39 Å². The second kappa shape index (κ2) is 6.61. The van der Waals surface area contributed by atoms with Gasteiger partial charge in [0.05, 0.1) is 17.7 Å². The third kappa shape index (κ3) is 3.39. The molecular formula is C16H22ClFN2O. The third-order valence-corrected chi connectivity index (χ3v) is 5.09. The van der Waals surface area contributed by atoms with Crippen molar-refractivity contribution in [2.45, 2.75) is 43.8 Å². The van der Waals surface area contributed by atoms with Crippen molar-refractivity contribution in [2.75, 3.05) is 19.7 Å². The van der Waals surface area contributed by atoms with Gasteiger partial charge in [-0.2, -0.15) is 0 Å². The highest BCUT2D eigenvalue weighted by Crippen LogP contribution is 2.28. The van der Waals surface area contributed by atoms with Crippen molar-refractivity contribution in [2.24, 2.45) is 0 Å². The molecule has 0 bridgehead atoms. The first kappa shape index (κ1) is 15.2. The molecule has 2 heterocycles. The molecule has 116 valence electrons. The Morgan fingerprint density at radius 1 is 1.38 bits per heavy atom. The van der Waals surface area contributed by atoms with E-state index in [1.54, 1.807) is 12.1 Å². The van der Waals surface area contributed by atoms with Gasteiger partial charge in [-0.15, -0.1) is 0 Å². The van der Waals surface area contributed by atoms with Crippen LogP contribution in [0.1, 0.15) is 37.3 Å². The number of piperidine rings is 1. The largest absolute Gasteiger partial charge is 0.394 e. The lowest BCUT2D eigenvalue weighted by Gasteiger charge is -2.37. The van der Waals surface area contributed by atoms with E-state index in [1.165, 1.54) is 25.5 Å². The molecule has 3 rings (SSSR count). The Labute approximate surface area is 130 Å². The van der Waals surface area contributed by atoms with Gasteiger partial charge in [0, 0.05) is 12.1 Å². The summed E-state index contributed by atoms with van der Waals surface area (Å²) >= 11 is 5.72. The predicted molar refractivity (Wildman–Crippen MR) is 82.0 cm³/mol. The molecule has 3 unspecified atom stereocenters. The number of nitrogens with zero attached hydrogens (tertiary/aromatic N) is 1. The second-order valence-corrected chi connectivity index (χ2v) is 6.54. The van der Waals surface area contributed by atoms with E-state index >= 15 is 0 Å². The highest BCUT2D eigenvalue weighted by Gasteiger charge is 2.32. The van der Waals surface area contributed by atoms with Crippen LogP contribution >= 0.6 is 11.6 Å². The molecule has 0 radical (unpaired) electrons. The quantitative estimate of drug-likeness (QED) is 0.897. The van der Waals surface area contributed by atoms with Crippen molar-refractivity contribution < 1.29 is 9.50 Å². The fraction of sp³-hybridized carbons (Fsp3) is 0.625. The van der Waals surface area contributed by atoms with Crippen LogP contribution < -0.4 is 5.32 Å². The molecule has 3 atom stereocenters. The van der Waals surface area contributed by atoms with Gasteiger partial charge in [-0.1, -0.05) is 17.7 Å². The smallest absolute Gasteiger partial charge is 0.142 e. The van der Waals surface area contributed by atoms with Gasteiger partial charge in [-0.3, -0.25) is 0 Å². The van der Waals surface area contributed by atoms with Crippen LogP contribution in [0.5, 0.6) is 0 Å². The molecule has 2 fully saturated rings. The number of aliphatic hydroxyl groups is 1. The normalized spacial score (nSPS) is 27.6. The SMILES string of the molecule is OCC(NC1CCN2CCCC2C1)c1ccc(Cl)c(F)c1. The first-order valence-corrected chi connectivity index (χ1v) is 8.11. The maximum absolute atomic E-state index is 13.6. The minimum atomic E-state index is -0.431. The summed E-state index contributed by atoms with van der Waals surface area (Å²) in [5, 5.41) is 13.2. The van der Waals surface area contributed by atoms with Crippen molar-refractivity contribution in [1.29, 1.82) is 0 Å². The standard InChI is InChI=1S/C16H22ClFN2O/c17-14-4-3-11(8-15(14)18)16(10-21)19-12-5-7-20-6-1-2-13(20)9-12/h3-4,8,12-13,16,19,21H,1-2,5-7,9-10H2. The van der Waals surface area contributed by atoms with E-state index < -0.39 is 5.82 Å². The second-order valence-electron chi connectivity index (χ2n) is 6.13. The lowest BCUT2D eigenvalue weighted by Crippen LogP contribution is -2.47. The van der Waals surface area contributed by atoms with Gasteiger partial charge in [-0.25, -0.2) is 4.39 Å². The van der Waals surface area contributed by atoms with Crippen molar-refractivity contribution in [3.8, 4) is 0 Å². The highest BCUT2D eigenvalue weighted by molar-refractivity contribution is 6.30. The van der Waals surface area contributed by atoms with Crippen LogP contribution in [0.2, 0.25) is 5.02 Å². The molecule has 0 aromatic heterocycles. The molecule has 21 heavy (non-hydrogen) atoms.